The number of ether oxygens (including phenoxy) is 1. The Kier molecular flexibility index (Phi) is 3.28. The molecule has 1 heterocycles. The van der Waals surface area contributed by atoms with Gasteiger partial charge in [0.15, 0.2) is 5.92 Å². The molecule has 76 valence electrons. The van der Waals surface area contributed by atoms with E-state index in [-0.39, 0.29) is 6.42 Å². The van der Waals surface area contributed by atoms with Crippen molar-refractivity contribution in [1.82, 2.24) is 0 Å². The van der Waals surface area contributed by atoms with Crippen molar-refractivity contribution in [2.75, 3.05) is 7.11 Å². The predicted octanol–water partition coefficient (Wildman–Crippen LogP) is 0.696. The molecule has 1 atom stereocenters. The monoisotopic (exact) mass is 198 g/mol. The fraction of sp³-hybridized carbons (Fsp3) is 0.333. The highest BCUT2D eigenvalue weighted by Crippen LogP contribution is 2.11. The third-order valence-corrected chi connectivity index (χ3v) is 1.77. The van der Waals surface area contributed by atoms with Gasteiger partial charge in [0.1, 0.15) is 5.76 Å². The van der Waals surface area contributed by atoms with E-state index in [4.69, 9.17) is 9.52 Å². The first-order chi connectivity index (χ1) is 6.65. The van der Waals surface area contributed by atoms with Gasteiger partial charge in [-0.1, -0.05) is 0 Å². The average molecular weight is 198 g/mol. The van der Waals surface area contributed by atoms with Gasteiger partial charge < -0.3 is 14.3 Å². The van der Waals surface area contributed by atoms with Crippen LogP contribution in [0.1, 0.15) is 5.76 Å². The summed E-state index contributed by atoms with van der Waals surface area (Å²) in [6.45, 7) is 0. The summed E-state index contributed by atoms with van der Waals surface area (Å²) in [6.07, 6.45) is 1.43. The van der Waals surface area contributed by atoms with Crippen LogP contribution in [0.4, 0.5) is 0 Å². The van der Waals surface area contributed by atoms with Gasteiger partial charge in [0, 0.05) is 6.42 Å². The summed E-state index contributed by atoms with van der Waals surface area (Å²) < 4.78 is 9.30. The fourth-order valence-corrected chi connectivity index (χ4v) is 1.04. The van der Waals surface area contributed by atoms with Crippen LogP contribution in [0.15, 0.2) is 22.8 Å². The van der Waals surface area contributed by atoms with E-state index in [1.807, 2.05) is 0 Å². The molecule has 14 heavy (non-hydrogen) atoms. The number of methoxy groups -OCH3 is 1. The van der Waals surface area contributed by atoms with E-state index in [2.05, 4.69) is 4.74 Å². The molecule has 1 aromatic rings. The Morgan fingerprint density at radius 1 is 1.64 bits per heavy atom. The van der Waals surface area contributed by atoms with Crippen LogP contribution in [-0.4, -0.2) is 24.2 Å². The summed E-state index contributed by atoms with van der Waals surface area (Å²) in [5.74, 6) is -2.74. The molecule has 0 saturated heterocycles. The van der Waals surface area contributed by atoms with Crippen molar-refractivity contribution < 1.29 is 23.8 Å². The molecule has 0 spiro atoms. The molecule has 1 unspecified atom stereocenters. The zero-order valence-electron chi connectivity index (χ0n) is 7.60. The topological polar surface area (TPSA) is 76.7 Å². The number of hydrogen-bond acceptors (Lipinski definition) is 4. The quantitative estimate of drug-likeness (QED) is 0.569. The molecule has 0 aromatic carbocycles. The van der Waals surface area contributed by atoms with E-state index in [9.17, 15) is 9.59 Å². The number of carbonyl (C=O) groups excluding carboxylic acids is 1. The van der Waals surface area contributed by atoms with Gasteiger partial charge in [-0.25, -0.2) is 0 Å². The molecule has 5 nitrogen and oxygen atoms in total. The minimum absolute atomic E-state index is 0.00894. The highest BCUT2D eigenvalue weighted by molar-refractivity contribution is 5.94. The number of furan rings is 1. The van der Waals surface area contributed by atoms with E-state index in [1.54, 1.807) is 12.1 Å². The van der Waals surface area contributed by atoms with Crippen LogP contribution in [0, 0.1) is 5.92 Å². The maximum atomic E-state index is 11.0. The Labute approximate surface area is 80.3 Å². The number of aliphatic carboxylic acids is 1. The summed E-state index contributed by atoms with van der Waals surface area (Å²) in [6, 6.07) is 3.24. The lowest BCUT2D eigenvalue weighted by molar-refractivity contribution is -0.156. The van der Waals surface area contributed by atoms with Gasteiger partial charge in [0.2, 0.25) is 0 Å². The van der Waals surface area contributed by atoms with Crippen molar-refractivity contribution in [2.24, 2.45) is 5.92 Å². The van der Waals surface area contributed by atoms with E-state index >= 15 is 0 Å². The minimum Gasteiger partial charge on any atom is -0.481 e. The second-order valence-corrected chi connectivity index (χ2v) is 2.70. The molecule has 0 bridgehead atoms. The van der Waals surface area contributed by atoms with Gasteiger partial charge in [-0.15, -0.1) is 0 Å². The molecular formula is C9H10O5. The summed E-state index contributed by atoms with van der Waals surface area (Å²) >= 11 is 0. The normalized spacial score (nSPS) is 12.1. The largest absolute Gasteiger partial charge is 0.481 e. The van der Waals surface area contributed by atoms with Gasteiger partial charge in [0.25, 0.3) is 0 Å². The number of carboxylic acids is 1. The second-order valence-electron chi connectivity index (χ2n) is 2.70. The summed E-state index contributed by atoms with van der Waals surface area (Å²) in [5, 5.41) is 8.73. The first-order valence-corrected chi connectivity index (χ1v) is 3.98. The first kappa shape index (κ1) is 10.3. The van der Waals surface area contributed by atoms with Gasteiger partial charge in [-0.3, -0.25) is 9.59 Å². The van der Waals surface area contributed by atoms with Gasteiger partial charge in [-0.05, 0) is 12.1 Å². The number of esters is 1. The molecule has 5 heteroatoms. The highest BCUT2D eigenvalue weighted by atomic mass is 16.5. The highest BCUT2D eigenvalue weighted by Gasteiger charge is 2.28. The Morgan fingerprint density at radius 3 is 2.79 bits per heavy atom. The van der Waals surface area contributed by atoms with Crippen molar-refractivity contribution in [3.8, 4) is 0 Å². The average Bonchev–Trinajstić information content (AvgIpc) is 2.65. The van der Waals surface area contributed by atoms with E-state index in [1.165, 1.54) is 6.26 Å². The Morgan fingerprint density at radius 2 is 2.36 bits per heavy atom. The molecule has 0 aliphatic heterocycles. The molecule has 0 amide bonds. The maximum Gasteiger partial charge on any atom is 0.320 e. The van der Waals surface area contributed by atoms with E-state index in [0.717, 1.165) is 7.11 Å². The standard InChI is InChI=1S/C9H10O5/c1-13-9(12)7(8(10)11)5-6-3-2-4-14-6/h2-4,7H,5H2,1H3,(H,10,11). The van der Waals surface area contributed by atoms with Crippen LogP contribution in [0.3, 0.4) is 0 Å². The van der Waals surface area contributed by atoms with Crippen LogP contribution < -0.4 is 0 Å². The molecule has 1 rings (SSSR count). The molecule has 0 radical (unpaired) electrons. The molecular weight excluding hydrogens is 188 g/mol. The van der Waals surface area contributed by atoms with Crippen molar-refractivity contribution in [2.45, 2.75) is 6.42 Å². The van der Waals surface area contributed by atoms with E-state index in [0.29, 0.717) is 5.76 Å². The second kappa shape index (κ2) is 4.45. The maximum absolute atomic E-state index is 11.0. The summed E-state index contributed by atoms with van der Waals surface area (Å²) in [4.78, 5) is 21.7. The van der Waals surface area contributed by atoms with Crippen LogP contribution in [0.25, 0.3) is 0 Å². The Balaban J connectivity index is 2.70. The molecule has 0 saturated carbocycles. The molecule has 0 aliphatic rings. The number of hydrogen-bond donors (Lipinski definition) is 1. The molecule has 1 aromatic heterocycles. The summed E-state index contributed by atoms with van der Waals surface area (Å²) in [7, 11) is 1.15. The lowest BCUT2D eigenvalue weighted by atomic mass is 10.0. The number of rotatable bonds is 4. The molecule has 0 fully saturated rings. The van der Waals surface area contributed by atoms with Crippen LogP contribution >= 0.6 is 0 Å². The molecule has 0 aliphatic carbocycles. The van der Waals surface area contributed by atoms with Crippen molar-refractivity contribution in [3.05, 3.63) is 24.2 Å². The summed E-state index contributed by atoms with van der Waals surface area (Å²) in [5.41, 5.74) is 0. The Hall–Kier alpha value is -1.78. The fourth-order valence-electron chi connectivity index (χ4n) is 1.04. The third-order valence-electron chi connectivity index (χ3n) is 1.77. The Bertz CT molecular complexity index is 314. The zero-order valence-corrected chi connectivity index (χ0v) is 7.60. The zero-order chi connectivity index (χ0) is 10.6. The molecule has 1 N–H and O–H groups in total. The minimum atomic E-state index is -1.21. The lowest BCUT2D eigenvalue weighted by Crippen LogP contribution is -2.26. The van der Waals surface area contributed by atoms with Gasteiger partial charge in [0.05, 0.1) is 13.4 Å². The van der Waals surface area contributed by atoms with Crippen LogP contribution in [0.2, 0.25) is 0 Å². The number of carbonyl (C=O) groups is 2. The van der Waals surface area contributed by atoms with Gasteiger partial charge in [-0.2, -0.15) is 0 Å². The lowest BCUT2D eigenvalue weighted by Gasteiger charge is -2.07. The SMILES string of the molecule is COC(=O)C(Cc1ccco1)C(=O)O. The van der Waals surface area contributed by atoms with Gasteiger partial charge >= 0.3 is 11.9 Å². The van der Waals surface area contributed by atoms with Crippen molar-refractivity contribution >= 4 is 11.9 Å². The van der Waals surface area contributed by atoms with Crippen molar-refractivity contribution in [3.63, 3.8) is 0 Å². The van der Waals surface area contributed by atoms with Crippen LogP contribution in [0.5, 0.6) is 0 Å². The predicted molar refractivity (Wildman–Crippen MR) is 45.6 cm³/mol. The van der Waals surface area contributed by atoms with Crippen LogP contribution in [-0.2, 0) is 20.7 Å². The third kappa shape index (κ3) is 2.35. The first-order valence-electron chi connectivity index (χ1n) is 3.98. The van der Waals surface area contributed by atoms with E-state index < -0.39 is 17.9 Å². The number of carboxylic acid groups (broad SMARTS) is 1. The van der Waals surface area contributed by atoms with Crippen molar-refractivity contribution in [1.29, 1.82) is 0 Å². The smallest absolute Gasteiger partial charge is 0.320 e.